The number of amides is 1. The highest BCUT2D eigenvalue weighted by molar-refractivity contribution is 5.85. The van der Waals surface area contributed by atoms with Gasteiger partial charge in [0.05, 0.1) is 13.0 Å². The Kier molecular flexibility index (Phi) is 6.36. The summed E-state index contributed by atoms with van der Waals surface area (Å²) in [6.45, 7) is 2.04. The van der Waals surface area contributed by atoms with Crippen LogP contribution < -0.4 is 5.32 Å². The molecule has 1 amide bonds. The monoisotopic (exact) mass is 311 g/mol. The van der Waals surface area contributed by atoms with Crippen LogP contribution in [-0.4, -0.2) is 24.5 Å². The zero-order valence-electron chi connectivity index (χ0n) is 13.2. The molecule has 0 radical (unpaired) electrons. The van der Waals surface area contributed by atoms with Crippen molar-refractivity contribution in [3.8, 4) is 0 Å². The lowest BCUT2D eigenvalue weighted by Gasteiger charge is -2.17. The molecular formula is C19H21NO3. The van der Waals surface area contributed by atoms with Crippen molar-refractivity contribution in [2.45, 2.75) is 25.8 Å². The second-order valence-corrected chi connectivity index (χ2v) is 5.22. The summed E-state index contributed by atoms with van der Waals surface area (Å²) in [5, 5.41) is 2.79. The summed E-state index contributed by atoms with van der Waals surface area (Å²) in [6, 6.07) is 18.3. The highest BCUT2D eigenvalue weighted by atomic mass is 16.5. The summed E-state index contributed by atoms with van der Waals surface area (Å²) < 4.78 is 5.07. The topological polar surface area (TPSA) is 55.4 Å². The lowest BCUT2D eigenvalue weighted by atomic mass is 10.1. The molecule has 0 aliphatic carbocycles. The number of hydrogen-bond donors (Lipinski definition) is 1. The third-order valence-electron chi connectivity index (χ3n) is 3.40. The number of benzene rings is 2. The van der Waals surface area contributed by atoms with Crippen molar-refractivity contribution >= 4 is 11.9 Å². The van der Waals surface area contributed by atoms with E-state index in [4.69, 9.17) is 4.74 Å². The second kappa shape index (κ2) is 8.73. The molecule has 2 aromatic rings. The first-order chi connectivity index (χ1) is 11.2. The highest BCUT2D eigenvalue weighted by Gasteiger charge is 2.22. The molecule has 1 atom stereocenters. The SMILES string of the molecule is CCOC(=O)C(Cc1ccccc1)NC(=O)Cc1ccccc1. The van der Waals surface area contributed by atoms with Crippen molar-refractivity contribution in [3.05, 3.63) is 71.8 Å². The van der Waals surface area contributed by atoms with Gasteiger partial charge in [0.25, 0.3) is 0 Å². The fourth-order valence-electron chi connectivity index (χ4n) is 2.31. The summed E-state index contributed by atoms with van der Waals surface area (Å²) in [5.74, 6) is -0.594. The largest absolute Gasteiger partial charge is 0.464 e. The molecule has 2 aromatic carbocycles. The maximum atomic E-state index is 12.2. The average molecular weight is 311 g/mol. The molecule has 0 saturated carbocycles. The van der Waals surface area contributed by atoms with Gasteiger partial charge in [0, 0.05) is 6.42 Å². The van der Waals surface area contributed by atoms with Crippen LogP contribution in [0.3, 0.4) is 0 Å². The smallest absolute Gasteiger partial charge is 0.328 e. The third-order valence-corrected chi connectivity index (χ3v) is 3.40. The number of carbonyl (C=O) groups is 2. The second-order valence-electron chi connectivity index (χ2n) is 5.22. The zero-order chi connectivity index (χ0) is 16.5. The minimum Gasteiger partial charge on any atom is -0.464 e. The Morgan fingerprint density at radius 3 is 2.09 bits per heavy atom. The molecule has 0 aliphatic heterocycles. The molecular weight excluding hydrogens is 290 g/mol. The Hall–Kier alpha value is -2.62. The zero-order valence-corrected chi connectivity index (χ0v) is 13.2. The first-order valence-electron chi connectivity index (χ1n) is 7.73. The Labute approximate surface area is 136 Å². The van der Waals surface area contributed by atoms with Gasteiger partial charge in [-0.1, -0.05) is 60.7 Å². The molecule has 120 valence electrons. The molecule has 0 heterocycles. The Bertz CT molecular complexity index is 626. The fraction of sp³-hybridized carbons (Fsp3) is 0.263. The van der Waals surface area contributed by atoms with Crippen molar-refractivity contribution in [2.24, 2.45) is 0 Å². The normalized spacial score (nSPS) is 11.5. The molecule has 0 saturated heterocycles. The van der Waals surface area contributed by atoms with E-state index >= 15 is 0 Å². The van der Waals surface area contributed by atoms with Crippen LogP contribution >= 0.6 is 0 Å². The maximum Gasteiger partial charge on any atom is 0.328 e. The predicted octanol–water partition coefficient (Wildman–Crippen LogP) is 2.52. The molecule has 4 heteroatoms. The number of esters is 1. The summed E-state index contributed by atoms with van der Waals surface area (Å²) in [4.78, 5) is 24.3. The van der Waals surface area contributed by atoms with Gasteiger partial charge in [-0.2, -0.15) is 0 Å². The van der Waals surface area contributed by atoms with Crippen molar-refractivity contribution < 1.29 is 14.3 Å². The first kappa shape index (κ1) is 16.7. The number of hydrogen-bond acceptors (Lipinski definition) is 3. The molecule has 0 aliphatic rings. The molecule has 4 nitrogen and oxygen atoms in total. The summed E-state index contributed by atoms with van der Waals surface area (Å²) in [5.41, 5.74) is 1.89. The van der Waals surface area contributed by atoms with Crippen LogP contribution in [0.2, 0.25) is 0 Å². The van der Waals surface area contributed by atoms with Gasteiger partial charge in [-0.15, -0.1) is 0 Å². The van der Waals surface area contributed by atoms with Crippen molar-refractivity contribution in [1.82, 2.24) is 5.32 Å². The van der Waals surface area contributed by atoms with Crippen LogP contribution in [0, 0.1) is 0 Å². The highest BCUT2D eigenvalue weighted by Crippen LogP contribution is 2.06. The van der Waals surface area contributed by atoms with E-state index in [-0.39, 0.29) is 12.3 Å². The van der Waals surface area contributed by atoms with Crippen LogP contribution in [0.5, 0.6) is 0 Å². The average Bonchev–Trinajstić information content (AvgIpc) is 2.56. The van der Waals surface area contributed by atoms with Crippen LogP contribution in [0.4, 0.5) is 0 Å². The van der Waals surface area contributed by atoms with Crippen molar-refractivity contribution in [1.29, 1.82) is 0 Å². The first-order valence-corrected chi connectivity index (χ1v) is 7.73. The summed E-state index contributed by atoms with van der Waals surface area (Å²) in [7, 11) is 0. The predicted molar refractivity (Wildman–Crippen MR) is 88.9 cm³/mol. The molecule has 0 spiro atoms. The minimum absolute atomic E-state index is 0.190. The molecule has 0 aromatic heterocycles. The molecule has 23 heavy (non-hydrogen) atoms. The molecule has 2 rings (SSSR count). The van der Waals surface area contributed by atoms with E-state index in [0.717, 1.165) is 11.1 Å². The van der Waals surface area contributed by atoms with E-state index in [2.05, 4.69) is 5.32 Å². The van der Waals surface area contributed by atoms with Gasteiger partial charge in [0.15, 0.2) is 0 Å². The van der Waals surface area contributed by atoms with Crippen LogP contribution in [-0.2, 0) is 27.2 Å². The Morgan fingerprint density at radius 1 is 0.957 bits per heavy atom. The van der Waals surface area contributed by atoms with Gasteiger partial charge >= 0.3 is 5.97 Å². The van der Waals surface area contributed by atoms with Gasteiger partial charge in [0.1, 0.15) is 6.04 Å². The number of rotatable bonds is 7. The number of nitrogens with one attached hydrogen (secondary N) is 1. The number of carbonyl (C=O) groups excluding carboxylic acids is 2. The third kappa shape index (κ3) is 5.58. The van der Waals surface area contributed by atoms with Gasteiger partial charge in [-0.3, -0.25) is 4.79 Å². The van der Waals surface area contributed by atoms with Gasteiger partial charge in [-0.05, 0) is 18.1 Å². The lowest BCUT2D eigenvalue weighted by molar-refractivity contribution is -0.147. The van der Waals surface area contributed by atoms with E-state index in [1.807, 2.05) is 60.7 Å². The van der Waals surface area contributed by atoms with Gasteiger partial charge in [-0.25, -0.2) is 4.79 Å². The molecule has 0 bridgehead atoms. The van der Waals surface area contributed by atoms with Crippen LogP contribution in [0.1, 0.15) is 18.1 Å². The molecule has 1 N–H and O–H groups in total. The van der Waals surface area contributed by atoms with Crippen LogP contribution in [0.25, 0.3) is 0 Å². The van der Waals surface area contributed by atoms with Gasteiger partial charge in [0.2, 0.25) is 5.91 Å². The molecule has 1 unspecified atom stereocenters. The summed E-state index contributed by atoms with van der Waals surface area (Å²) in [6.07, 6.45) is 0.658. The quantitative estimate of drug-likeness (QED) is 0.799. The fourth-order valence-corrected chi connectivity index (χ4v) is 2.31. The van der Waals surface area contributed by atoms with Crippen molar-refractivity contribution in [3.63, 3.8) is 0 Å². The standard InChI is InChI=1S/C19H21NO3/c1-2-23-19(22)17(13-15-9-5-3-6-10-15)20-18(21)14-16-11-7-4-8-12-16/h3-12,17H,2,13-14H2,1H3,(H,20,21). The van der Waals surface area contributed by atoms with E-state index in [9.17, 15) is 9.59 Å². The molecule has 0 fully saturated rings. The Balaban J connectivity index is 2.01. The van der Waals surface area contributed by atoms with E-state index < -0.39 is 12.0 Å². The maximum absolute atomic E-state index is 12.2. The Morgan fingerprint density at radius 2 is 1.52 bits per heavy atom. The summed E-state index contributed by atoms with van der Waals surface area (Å²) >= 11 is 0. The van der Waals surface area contributed by atoms with Crippen LogP contribution in [0.15, 0.2) is 60.7 Å². The van der Waals surface area contributed by atoms with Crippen molar-refractivity contribution in [2.75, 3.05) is 6.61 Å². The lowest BCUT2D eigenvalue weighted by Crippen LogP contribution is -2.44. The van der Waals surface area contributed by atoms with E-state index in [1.165, 1.54) is 0 Å². The number of ether oxygens (including phenoxy) is 1. The van der Waals surface area contributed by atoms with Gasteiger partial charge < -0.3 is 10.1 Å². The minimum atomic E-state index is -0.673. The van der Waals surface area contributed by atoms with E-state index in [1.54, 1.807) is 6.92 Å². The van der Waals surface area contributed by atoms with E-state index in [0.29, 0.717) is 13.0 Å².